The maximum absolute atomic E-state index is 5.97. The topological polar surface area (TPSA) is 0 Å². The SMILES string of the molecule is [CH]c1cccc2c(Cl)cccc12. The number of fused-ring (bicyclic) bond motifs is 1. The van der Waals surface area contributed by atoms with E-state index in [-0.39, 0.29) is 0 Å². The first kappa shape index (κ1) is 7.63. The molecule has 2 rings (SSSR count). The highest BCUT2D eigenvalue weighted by atomic mass is 35.5. The summed E-state index contributed by atoms with van der Waals surface area (Å²) < 4.78 is 0. The van der Waals surface area contributed by atoms with Gasteiger partial charge >= 0.3 is 0 Å². The molecular weight excluding hydrogens is 168 g/mol. The van der Waals surface area contributed by atoms with E-state index < -0.39 is 0 Å². The van der Waals surface area contributed by atoms with Gasteiger partial charge in [-0.1, -0.05) is 41.9 Å². The summed E-state index contributed by atoms with van der Waals surface area (Å²) in [6.07, 6.45) is 0. The van der Waals surface area contributed by atoms with E-state index in [0.29, 0.717) is 0 Å². The van der Waals surface area contributed by atoms with Crippen molar-refractivity contribution in [3.8, 4) is 0 Å². The van der Waals surface area contributed by atoms with Gasteiger partial charge < -0.3 is 0 Å². The molecule has 0 N–H and O–H groups in total. The van der Waals surface area contributed by atoms with Gasteiger partial charge in [0.25, 0.3) is 0 Å². The molecule has 0 spiro atoms. The van der Waals surface area contributed by atoms with Gasteiger partial charge in [0.1, 0.15) is 0 Å². The van der Waals surface area contributed by atoms with Gasteiger partial charge in [-0.2, -0.15) is 0 Å². The Hall–Kier alpha value is -1.01. The van der Waals surface area contributed by atoms with E-state index in [2.05, 4.69) is 0 Å². The molecule has 0 unspecified atom stereocenters. The Balaban J connectivity index is 2.94. The maximum Gasteiger partial charge on any atom is 0.0484 e. The maximum atomic E-state index is 5.97. The quantitative estimate of drug-likeness (QED) is 0.573. The Kier molecular flexibility index (Phi) is 1.78. The van der Waals surface area contributed by atoms with E-state index in [4.69, 9.17) is 18.5 Å². The molecule has 2 aromatic carbocycles. The van der Waals surface area contributed by atoms with Crippen LogP contribution in [0.4, 0.5) is 0 Å². The zero-order valence-corrected chi connectivity index (χ0v) is 7.18. The molecule has 0 saturated heterocycles. The fourth-order valence-corrected chi connectivity index (χ4v) is 1.53. The Morgan fingerprint density at radius 3 is 2.33 bits per heavy atom. The molecule has 0 atom stereocenters. The average molecular weight is 175 g/mol. The van der Waals surface area contributed by atoms with Crippen LogP contribution in [-0.2, 0) is 0 Å². The molecule has 0 aliphatic heterocycles. The molecule has 0 nitrogen and oxygen atoms in total. The van der Waals surface area contributed by atoms with Crippen molar-refractivity contribution in [1.29, 1.82) is 0 Å². The number of rotatable bonds is 0. The predicted octanol–water partition coefficient (Wildman–Crippen LogP) is 3.55. The lowest BCUT2D eigenvalue weighted by molar-refractivity contribution is 1.67. The molecule has 0 amide bonds. The van der Waals surface area contributed by atoms with Crippen LogP contribution in [0.1, 0.15) is 5.56 Å². The van der Waals surface area contributed by atoms with E-state index in [1.54, 1.807) is 0 Å². The van der Waals surface area contributed by atoms with Gasteiger partial charge in [-0.25, -0.2) is 0 Å². The van der Waals surface area contributed by atoms with E-state index in [1.807, 2.05) is 36.4 Å². The van der Waals surface area contributed by atoms with Crippen LogP contribution >= 0.6 is 11.6 Å². The highest BCUT2D eigenvalue weighted by Gasteiger charge is 1.98. The number of halogens is 1. The van der Waals surface area contributed by atoms with Gasteiger partial charge in [-0.3, -0.25) is 0 Å². The third kappa shape index (κ3) is 1.09. The minimum atomic E-state index is 0.750. The first-order chi connectivity index (χ1) is 5.79. The van der Waals surface area contributed by atoms with Gasteiger partial charge in [0.05, 0.1) is 0 Å². The van der Waals surface area contributed by atoms with Crippen LogP contribution in [0, 0.1) is 6.92 Å². The zero-order chi connectivity index (χ0) is 8.55. The molecule has 58 valence electrons. The molecule has 2 aromatic rings. The highest BCUT2D eigenvalue weighted by molar-refractivity contribution is 6.35. The van der Waals surface area contributed by atoms with Gasteiger partial charge in [-0.05, 0) is 23.9 Å². The van der Waals surface area contributed by atoms with Crippen molar-refractivity contribution in [2.75, 3.05) is 0 Å². The molecule has 1 heteroatoms. The molecule has 12 heavy (non-hydrogen) atoms. The molecule has 0 saturated carbocycles. The third-order valence-electron chi connectivity index (χ3n) is 1.90. The van der Waals surface area contributed by atoms with Crippen LogP contribution in [0.15, 0.2) is 36.4 Å². The first-order valence-corrected chi connectivity index (χ1v) is 4.09. The number of hydrogen-bond acceptors (Lipinski definition) is 0. The lowest BCUT2D eigenvalue weighted by Crippen LogP contribution is -1.77. The lowest BCUT2D eigenvalue weighted by atomic mass is 10.1. The van der Waals surface area contributed by atoms with Crippen molar-refractivity contribution in [1.82, 2.24) is 0 Å². The van der Waals surface area contributed by atoms with Gasteiger partial charge in [-0.15, -0.1) is 0 Å². The first-order valence-electron chi connectivity index (χ1n) is 3.72. The summed E-state index contributed by atoms with van der Waals surface area (Å²) in [4.78, 5) is 0. The molecule has 0 aromatic heterocycles. The molecule has 0 aliphatic carbocycles. The lowest BCUT2D eigenvalue weighted by Gasteiger charge is -2.01. The smallest absolute Gasteiger partial charge is 0.0484 e. The third-order valence-corrected chi connectivity index (χ3v) is 2.23. The van der Waals surface area contributed by atoms with Crippen LogP contribution in [-0.4, -0.2) is 0 Å². The number of benzene rings is 2. The summed E-state index contributed by atoms with van der Waals surface area (Å²) in [6, 6.07) is 11.5. The minimum Gasteiger partial charge on any atom is -0.0837 e. The van der Waals surface area contributed by atoms with Crippen molar-refractivity contribution in [3.63, 3.8) is 0 Å². The monoisotopic (exact) mass is 174 g/mol. The summed E-state index contributed by atoms with van der Waals surface area (Å²) in [7, 11) is 0. The molecular formula is C11H7Cl. The Morgan fingerprint density at radius 2 is 1.58 bits per heavy atom. The van der Waals surface area contributed by atoms with Gasteiger partial charge in [0.2, 0.25) is 0 Å². The van der Waals surface area contributed by atoms with Crippen molar-refractivity contribution in [3.05, 3.63) is 53.9 Å². The van der Waals surface area contributed by atoms with Gasteiger partial charge in [0, 0.05) is 10.4 Å². The molecule has 0 heterocycles. The van der Waals surface area contributed by atoms with E-state index >= 15 is 0 Å². The normalized spacial score (nSPS) is 10.5. The Morgan fingerprint density at radius 1 is 0.917 bits per heavy atom. The summed E-state index contributed by atoms with van der Waals surface area (Å²) in [6.45, 7) is 5.77. The van der Waals surface area contributed by atoms with E-state index in [1.165, 1.54) is 0 Å². The highest BCUT2D eigenvalue weighted by Crippen LogP contribution is 2.24. The van der Waals surface area contributed by atoms with Gasteiger partial charge in [0.15, 0.2) is 0 Å². The van der Waals surface area contributed by atoms with Crippen molar-refractivity contribution >= 4 is 22.4 Å². The second-order valence-corrected chi connectivity index (χ2v) is 3.09. The fraction of sp³-hybridized carbons (Fsp3) is 0. The van der Waals surface area contributed by atoms with Crippen LogP contribution in [0.2, 0.25) is 5.02 Å². The van der Waals surface area contributed by atoms with E-state index in [0.717, 1.165) is 21.4 Å². The standard InChI is InChI=1S/C11H7Cl/c1-8-4-2-6-10-9(8)5-3-7-11(10)12/h1-7H. The van der Waals surface area contributed by atoms with Crippen LogP contribution in [0.25, 0.3) is 10.8 Å². The fourth-order valence-electron chi connectivity index (χ4n) is 1.30. The second kappa shape index (κ2) is 2.80. The summed E-state index contributed by atoms with van der Waals surface area (Å²) >= 11 is 5.97. The molecule has 2 radical (unpaired) electrons. The Bertz CT molecular complexity index is 377. The second-order valence-electron chi connectivity index (χ2n) is 2.68. The van der Waals surface area contributed by atoms with Crippen LogP contribution in [0.3, 0.4) is 0 Å². The molecule has 0 aliphatic rings. The van der Waals surface area contributed by atoms with Crippen molar-refractivity contribution in [2.45, 2.75) is 0 Å². The largest absolute Gasteiger partial charge is 0.0837 e. The van der Waals surface area contributed by atoms with E-state index in [9.17, 15) is 0 Å². The number of hydrogen-bond donors (Lipinski definition) is 0. The van der Waals surface area contributed by atoms with Crippen molar-refractivity contribution in [2.24, 2.45) is 0 Å². The molecule has 0 fully saturated rings. The predicted molar refractivity (Wildman–Crippen MR) is 52.4 cm³/mol. The summed E-state index contributed by atoms with van der Waals surface area (Å²) in [5.74, 6) is 0. The zero-order valence-electron chi connectivity index (χ0n) is 6.42. The average Bonchev–Trinajstić information content (AvgIpc) is 2.07. The minimum absolute atomic E-state index is 0.750. The van der Waals surface area contributed by atoms with Crippen LogP contribution in [0.5, 0.6) is 0 Å². The Labute approximate surface area is 76.8 Å². The van der Waals surface area contributed by atoms with Crippen LogP contribution < -0.4 is 0 Å². The van der Waals surface area contributed by atoms with Crippen molar-refractivity contribution < 1.29 is 0 Å². The summed E-state index contributed by atoms with van der Waals surface area (Å²) in [5, 5.41) is 2.78. The molecule has 0 bridgehead atoms. The summed E-state index contributed by atoms with van der Waals surface area (Å²) in [5.41, 5.74) is 0.773.